The molecule has 0 bridgehead atoms. The Kier molecular flexibility index (Phi) is 9.11. The number of aromatic nitrogens is 3. The maximum atomic E-state index is 12.3. The first kappa shape index (κ1) is 28.8. The Labute approximate surface area is 241 Å². The van der Waals surface area contributed by atoms with Gasteiger partial charge in [0.2, 0.25) is 0 Å². The van der Waals surface area contributed by atoms with Crippen LogP contribution in [0.3, 0.4) is 0 Å². The van der Waals surface area contributed by atoms with E-state index in [0.29, 0.717) is 18.2 Å². The number of hydrogen-bond donors (Lipinski definition) is 0. The topological polar surface area (TPSA) is 59.7 Å². The van der Waals surface area contributed by atoms with Crippen LogP contribution in [0.15, 0.2) is 67.0 Å². The van der Waals surface area contributed by atoms with Crippen molar-refractivity contribution in [2.45, 2.75) is 39.0 Å². The fraction of sp³-hybridized carbons (Fsp3) is 0.323. The van der Waals surface area contributed by atoms with Crippen LogP contribution in [-0.2, 0) is 11.2 Å². The number of piperidine rings is 1. The Bertz CT molecular complexity index is 1610. The molecule has 8 heteroatoms. The third-order valence-corrected chi connectivity index (χ3v) is 7.74. The number of rotatable bonds is 6. The maximum Gasteiger partial charge on any atom is 0.359 e. The van der Waals surface area contributed by atoms with E-state index in [9.17, 15) is 4.79 Å². The third kappa shape index (κ3) is 5.60. The first-order valence-corrected chi connectivity index (χ1v) is 13.3. The van der Waals surface area contributed by atoms with Crippen LogP contribution in [0.4, 0.5) is 0 Å². The van der Waals surface area contributed by atoms with Crippen molar-refractivity contribution in [2.75, 3.05) is 26.2 Å². The van der Waals surface area contributed by atoms with Gasteiger partial charge in [0.1, 0.15) is 6.33 Å². The molecule has 2 aromatic carbocycles. The molecule has 3 aromatic heterocycles. The SMILES string of the molecule is CCOC(=O)c1ncn2c1ccc1c(CCN3CCC(c4cccc5nc(C)ccc45)CC3)cccc12.Cl.Cl. The van der Waals surface area contributed by atoms with Crippen molar-refractivity contribution in [2.24, 2.45) is 0 Å². The minimum Gasteiger partial charge on any atom is -0.461 e. The molecular weight excluding hydrogens is 531 g/mol. The summed E-state index contributed by atoms with van der Waals surface area (Å²) in [5, 5.41) is 2.51. The third-order valence-electron chi connectivity index (χ3n) is 7.74. The molecule has 204 valence electrons. The smallest absolute Gasteiger partial charge is 0.359 e. The quantitative estimate of drug-likeness (QED) is 0.212. The average Bonchev–Trinajstić information content (AvgIpc) is 3.37. The van der Waals surface area contributed by atoms with Crippen molar-refractivity contribution < 1.29 is 9.53 Å². The van der Waals surface area contributed by atoms with Gasteiger partial charge in [-0.3, -0.25) is 9.38 Å². The van der Waals surface area contributed by atoms with Crippen molar-refractivity contribution in [1.29, 1.82) is 0 Å². The molecule has 4 heterocycles. The number of benzene rings is 2. The molecule has 0 saturated carbocycles. The van der Waals surface area contributed by atoms with E-state index in [4.69, 9.17) is 9.72 Å². The van der Waals surface area contributed by atoms with E-state index in [0.717, 1.165) is 48.3 Å². The molecule has 1 aliphatic heterocycles. The van der Waals surface area contributed by atoms with Crippen LogP contribution in [-0.4, -0.2) is 51.5 Å². The lowest BCUT2D eigenvalue weighted by Crippen LogP contribution is -2.34. The standard InChI is InChI=1S/C31H32N4O2.2ClH/c1-3-37-31(36)30-29-13-12-25-22(6-4-9-28(25)35(29)20-32-30)14-17-34-18-15-23(16-19-34)24-7-5-8-27-26(24)11-10-21(2)33-27;;/h4-13,20,23H,3,14-19H2,1-2H3;2*1H. The highest BCUT2D eigenvalue weighted by molar-refractivity contribution is 5.97. The van der Waals surface area contributed by atoms with Crippen molar-refractivity contribution >= 4 is 58.1 Å². The van der Waals surface area contributed by atoms with Gasteiger partial charge in [0, 0.05) is 23.0 Å². The molecule has 0 spiro atoms. The van der Waals surface area contributed by atoms with Gasteiger partial charge in [-0.25, -0.2) is 9.78 Å². The summed E-state index contributed by atoms with van der Waals surface area (Å²) in [6.07, 6.45) is 5.07. The number of likely N-dealkylation sites (tertiary alicyclic amines) is 1. The lowest BCUT2D eigenvalue weighted by atomic mass is 9.87. The molecule has 5 aromatic rings. The van der Waals surface area contributed by atoms with Crippen molar-refractivity contribution in [3.05, 3.63) is 89.5 Å². The number of halogens is 2. The van der Waals surface area contributed by atoms with Crippen LogP contribution in [0.2, 0.25) is 0 Å². The second-order valence-electron chi connectivity index (χ2n) is 9.98. The summed E-state index contributed by atoms with van der Waals surface area (Å²) in [4.78, 5) is 24.0. The van der Waals surface area contributed by atoms with Crippen molar-refractivity contribution in [3.63, 3.8) is 0 Å². The van der Waals surface area contributed by atoms with Gasteiger partial charge in [-0.05, 0) is 87.5 Å². The van der Waals surface area contributed by atoms with Gasteiger partial charge < -0.3 is 9.64 Å². The molecule has 39 heavy (non-hydrogen) atoms. The summed E-state index contributed by atoms with van der Waals surface area (Å²) in [5.41, 5.74) is 7.17. The molecule has 1 aliphatic rings. The first-order chi connectivity index (χ1) is 18.1. The zero-order valence-corrected chi connectivity index (χ0v) is 23.9. The van der Waals surface area contributed by atoms with Crippen LogP contribution in [0.25, 0.3) is 27.3 Å². The summed E-state index contributed by atoms with van der Waals surface area (Å²) >= 11 is 0. The molecule has 1 fully saturated rings. The van der Waals surface area contributed by atoms with Crippen LogP contribution in [0, 0.1) is 6.92 Å². The Balaban J connectivity index is 0.00000176. The zero-order valence-electron chi connectivity index (χ0n) is 22.3. The Hall–Kier alpha value is -3.19. The second kappa shape index (κ2) is 12.3. The lowest BCUT2D eigenvalue weighted by molar-refractivity contribution is 0.0522. The summed E-state index contributed by atoms with van der Waals surface area (Å²) in [5.74, 6) is 0.212. The van der Waals surface area contributed by atoms with Gasteiger partial charge >= 0.3 is 5.97 Å². The highest BCUT2D eigenvalue weighted by Crippen LogP contribution is 2.33. The minimum absolute atomic E-state index is 0. The van der Waals surface area contributed by atoms with E-state index in [1.807, 2.05) is 17.4 Å². The number of pyridine rings is 2. The number of fused-ring (bicyclic) bond motifs is 4. The van der Waals surface area contributed by atoms with Crippen LogP contribution in [0.5, 0.6) is 0 Å². The molecule has 0 amide bonds. The monoisotopic (exact) mass is 564 g/mol. The zero-order chi connectivity index (χ0) is 25.4. The summed E-state index contributed by atoms with van der Waals surface area (Å²) in [7, 11) is 0. The molecule has 0 radical (unpaired) electrons. The van der Waals surface area contributed by atoms with Gasteiger partial charge in [-0.2, -0.15) is 0 Å². The highest BCUT2D eigenvalue weighted by Gasteiger charge is 2.22. The number of hydrogen-bond acceptors (Lipinski definition) is 5. The largest absolute Gasteiger partial charge is 0.461 e. The van der Waals surface area contributed by atoms with E-state index in [1.165, 1.54) is 34.7 Å². The molecule has 1 saturated heterocycles. The number of esters is 1. The first-order valence-electron chi connectivity index (χ1n) is 13.3. The summed E-state index contributed by atoms with van der Waals surface area (Å²) < 4.78 is 7.17. The number of imidazole rings is 1. The Morgan fingerprint density at radius 1 is 0.949 bits per heavy atom. The van der Waals surface area contributed by atoms with Crippen molar-refractivity contribution in [1.82, 2.24) is 19.3 Å². The highest BCUT2D eigenvalue weighted by atomic mass is 35.5. The average molecular weight is 566 g/mol. The number of ether oxygens (including phenoxy) is 1. The number of carbonyl (C=O) groups excluding carboxylic acids is 1. The van der Waals surface area contributed by atoms with Crippen LogP contribution < -0.4 is 0 Å². The van der Waals surface area contributed by atoms with E-state index in [1.54, 1.807) is 6.33 Å². The molecule has 6 nitrogen and oxygen atoms in total. The lowest BCUT2D eigenvalue weighted by Gasteiger charge is -2.32. The molecule has 0 aliphatic carbocycles. The second-order valence-corrected chi connectivity index (χ2v) is 9.98. The molecule has 0 unspecified atom stereocenters. The molecule has 0 N–H and O–H groups in total. The van der Waals surface area contributed by atoms with Gasteiger partial charge in [-0.1, -0.05) is 36.4 Å². The summed E-state index contributed by atoms with van der Waals surface area (Å²) in [6.45, 7) is 7.46. The van der Waals surface area contributed by atoms with E-state index in [2.05, 4.69) is 71.4 Å². The molecule has 0 atom stereocenters. The van der Waals surface area contributed by atoms with Crippen LogP contribution in [0.1, 0.15) is 53.0 Å². The fourth-order valence-electron chi connectivity index (χ4n) is 5.83. The van der Waals surface area contributed by atoms with Crippen molar-refractivity contribution in [3.8, 4) is 0 Å². The van der Waals surface area contributed by atoms with E-state index >= 15 is 0 Å². The van der Waals surface area contributed by atoms with Crippen LogP contribution >= 0.6 is 24.8 Å². The van der Waals surface area contributed by atoms with Gasteiger partial charge in [0.05, 0.1) is 23.2 Å². The number of carbonyl (C=O) groups is 1. The maximum absolute atomic E-state index is 12.3. The Morgan fingerprint density at radius 2 is 1.72 bits per heavy atom. The van der Waals surface area contributed by atoms with Gasteiger partial charge in [0.25, 0.3) is 0 Å². The normalized spacial score (nSPS) is 14.3. The van der Waals surface area contributed by atoms with Gasteiger partial charge in [0.15, 0.2) is 5.69 Å². The number of aryl methyl sites for hydroxylation is 1. The molecule has 6 rings (SSSR count). The van der Waals surface area contributed by atoms with Gasteiger partial charge in [-0.15, -0.1) is 24.8 Å². The predicted molar refractivity (Wildman–Crippen MR) is 162 cm³/mol. The molecular formula is C31H34Cl2N4O2. The Morgan fingerprint density at radius 3 is 2.51 bits per heavy atom. The van der Waals surface area contributed by atoms with E-state index < -0.39 is 0 Å². The fourth-order valence-corrected chi connectivity index (χ4v) is 5.83. The van der Waals surface area contributed by atoms with E-state index in [-0.39, 0.29) is 30.8 Å². The minimum atomic E-state index is -0.376. The summed E-state index contributed by atoms with van der Waals surface area (Å²) in [6, 6.07) is 21.5. The predicted octanol–water partition coefficient (Wildman–Crippen LogP) is 6.79. The number of nitrogens with zero attached hydrogens (tertiary/aromatic N) is 4.